The minimum absolute atomic E-state index is 0.422. The van der Waals surface area contributed by atoms with Gasteiger partial charge in [0.1, 0.15) is 0 Å². The molecule has 14 heavy (non-hydrogen) atoms. The molecule has 1 aromatic carbocycles. The zero-order valence-electron chi connectivity index (χ0n) is 7.61. The summed E-state index contributed by atoms with van der Waals surface area (Å²) < 4.78 is 1.87. The molecule has 0 saturated heterocycles. The number of hydrogen-bond donors (Lipinski definition) is 0. The number of nitriles is 1. The van der Waals surface area contributed by atoms with Gasteiger partial charge in [-0.25, -0.2) is 4.31 Å². The van der Waals surface area contributed by atoms with Gasteiger partial charge in [0.15, 0.2) is 0 Å². The van der Waals surface area contributed by atoms with E-state index in [4.69, 9.17) is 16.9 Å². The maximum absolute atomic E-state index is 8.44. The fraction of sp³-hybridized carbons (Fsp3) is 0.222. The van der Waals surface area contributed by atoms with Crippen LogP contribution >= 0.6 is 33.4 Å². The van der Waals surface area contributed by atoms with Gasteiger partial charge in [-0.3, -0.25) is 0 Å². The van der Waals surface area contributed by atoms with Gasteiger partial charge in [-0.2, -0.15) is 5.26 Å². The van der Waals surface area contributed by atoms with Crippen molar-refractivity contribution in [2.75, 3.05) is 13.6 Å². The third-order valence-corrected chi connectivity index (χ3v) is 4.11. The van der Waals surface area contributed by atoms with Crippen LogP contribution in [0.2, 0.25) is 5.02 Å². The summed E-state index contributed by atoms with van der Waals surface area (Å²) in [7, 11) is 5.04. The molecule has 0 bridgehead atoms. The van der Waals surface area contributed by atoms with Crippen LogP contribution in [0.5, 0.6) is 0 Å². The molecule has 0 amide bonds. The SMILES string of the molecule is CN(CC#N)SSc1ccc(Cl)cc1. The van der Waals surface area contributed by atoms with Crippen molar-refractivity contribution in [3.8, 4) is 6.07 Å². The first kappa shape index (κ1) is 11.7. The van der Waals surface area contributed by atoms with E-state index in [1.807, 2.05) is 35.6 Å². The molecule has 74 valence electrons. The van der Waals surface area contributed by atoms with Crippen molar-refractivity contribution in [2.45, 2.75) is 4.90 Å². The molecule has 0 radical (unpaired) electrons. The van der Waals surface area contributed by atoms with E-state index in [1.165, 1.54) is 0 Å². The standard InChI is InChI=1S/C9H9ClN2S2/c1-12(7-6-11)14-13-9-4-2-8(10)3-5-9/h2-5H,7H2,1H3. The Bertz CT molecular complexity index is 321. The first-order valence-electron chi connectivity index (χ1n) is 3.90. The average molecular weight is 245 g/mol. The lowest BCUT2D eigenvalue weighted by Crippen LogP contribution is -2.06. The van der Waals surface area contributed by atoms with Crippen LogP contribution in [0, 0.1) is 11.3 Å². The fourth-order valence-electron chi connectivity index (χ4n) is 0.723. The van der Waals surface area contributed by atoms with Crippen LogP contribution in [0.25, 0.3) is 0 Å². The molecule has 0 N–H and O–H groups in total. The van der Waals surface area contributed by atoms with Crippen LogP contribution in [-0.4, -0.2) is 17.9 Å². The van der Waals surface area contributed by atoms with Gasteiger partial charge in [-0.1, -0.05) is 11.6 Å². The summed E-state index contributed by atoms with van der Waals surface area (Å²) in [6.45, 7) is 0.422. The van der Waals surface area contributed by atoms with Crippen molar-refractivity contribution in [1.29, 1.82) is 5.26 Å². The van der Waals surface area contributed by atoms with E-state index in [-0.39, 0.29) is 0 Å². The van der Waals surface area contributed by atoms with Gasteiger partial charge in [-0.05, 0) is 53.1 Å². The van der Waals surface area contributed by atoms with Crippen molar-refractivity contribution in [3.05, 3.63) is 29.3 Å². The highest BCUT2D eigenvalue weighted by molar-refractivity contribution is 8.75. The van der Waals surface area contributed by atoms with Crippen LogP contribution in [0.1, 0.15) is 0 Å². The lowest BCUT2D eigenvalue weighted by atomic mass is 10.4. The summed E-state index contributed by atoms with van der Waals surface area (Å²) in [5, 5.41) is 9.18. The zero-order valence-corrected chi connectivity index (χ0v) is 9.99. The van der Waals surface area contributed by atoms with Gasteiger partial charge in [0.05, 0.1) is 12.6 Å². The summed E-state index contributed by atoms with van der Waals surface area (Å²) >= 11 is 5.75. The maximum Gasteiger partial charge on any atom is 0.0966 e. The van der Waals surface area contributed by atoms with E-state index in [0.717, 1.165) is 9.92 Å². The van der Waals surface area contributed by atoms with E-state index in [1.54, 1.807) is 21.8 Å². The quantitative estimate of drug-likeness (QED) is 0.461. The van der Waals surface area contributed by atoms with E-state index >= 15 is 0 Å². The van der Waals surface area contributed by atoms with Crippen LogP contribution in [0.15, 0.2) is 29.2 Å². The van der Waals surface area contributed by atoms with E-state index in [9.17, 15) is 0 Å². The maximum atomic E-state index is 8.44. The molecular weight excluding hydrogens is 236 g/mol. The molecule has 0 fully saturated rings. The van der Waals surface area contributed by atoms with E-state index in [0.29, 0.717) is 6.54 Å². The lowest BCUT2D eigenvalue weighted by molar-refractivity contribution is 0.650. The van der Waals surface area contributed by atoms with Crippen molar-refractivity contribution in [2.24, 2.45) is 0 Å². The molecule has 0 atom stereocenters. The largest absolute Gasteiger partial charge is 0.230 e. The Morgan fingerprint density at radius 1 is 1.43 bits per heavy atom. The van der Waals surface area contributed by atoms with E-state index < -0.39 is 0 Å². The second-order valence-corrected chi connectivity index (χ2v) is 5.35. The predicted octanol–water partition coefficient (Wildman–Crippen LogP) is 3.45. The summed E-state index contributed by atoms with van der Waals surface area (Å²) in [5.74, 6) is 0. The summed E-state index contributed by atoms with van der Waals surface area (Å²) in [6, 6.07) is 9.71. The minimum atomic E-state index is 0.422. The van der Waals surface area contributed by atoms with Gasteiger partial charge in [0, 0.05) is 9.92 Å². The normalized spacial score (nSPS) is 10.1. The molecule has 1 rings (SSSR count). The highest BCUT2D eigenvalue weighted by Crippen LogP contribution is 2.33. The Morgan fingerprint density at radius 2 is 2.07 bits per heavy atom. The number of benzene rings is 1. The van der Waals surface area contributed by atoms with Gasteiger partial charge in [-0.15, -0.1) is 0 Å². The monoisotopic (exact) mass is 244 g/mol. The van der Waals surface area contributed by atoms with Gasteiger partial charge < -0.3 is 0 Å². The molecule has 0 unspecified atom stereocenters. The molecule has 2 nitrogen and oxygen atoms in total. The molecular formula is C9H9ClN2S2. The molecule has 0 aliphatic heterocycles. The number of halogens is 1. The topological polar surface area (TPSA) is 27.0 Å². The molecule has 0 saturated carbocycles. The van der Waals surface area contributed by atoms with Crippen LogP contribution in [-0.2, 0) is 0 Å². The molecule has 0 aromatic heterocycles. The van der Waals surface area contributed by atoms with Crippen molar-refractivity contribution in [1.82, 2.24) is 4.31 Å². The Balaban J connectivity index is 2.39. The summed E-state index contributed by atoms with van der Waals surface area (Å²) in [6.07, 6.45) is 0. The Morgan fingerprint density at radius 3 is 2.64 bits per heavy atom. The summed E-state index contributed by atoms with van der Waals surface area (Å²) in [5.41, 5.74) is 0. The smallest absolute Gasteiger partial charge is 0.0966 e. The second-order valence-electron chi connectivity index (χ2n) is 2.56. The lowest BCUT2D eigenvalue weighted by Gasteiger charge is -2.09. The molecule has 0 spiro atoms. The average Bonchev–Trinajstić information content (AvgIpc) is 2.17. The summed E-state index contributed by atoms with van der Waals surface area (Å²) in [4.78, 5) is 1.13. The van der Waals surface area contributed by atoms with Crippen LogP contribution < -0.4 is 0 Å². The molecule has 0 aliphatic rings. The van der Waals surface area contributed by atoms with Crippen LogP contribution in [0.4, 0.5) is 0 Å². The molecule has 5 heteroatoms. The zero-order chi connectivity index (χ0) is 10.4. The van der Waals surface area contributed by atoms with Crippen molar-refractivity contribution in [3.63, 3.8) is 0 Å². The number of rotatable bonds is 4. The van der Waals surface area contributed by atoms with Crippen molar-refractivity contribution >= 4 is 33.4 Å². The van der Waals surface area contributed by atoms with E-state index in [2.05, 4.69) is 6.07 Å². The van der Waals surface area contributed by atoms with Crippen LogP contribution in [0.3, 0.4) is 0 Å². The first-order valence-corrected chi connectivity index (χ1v) is 6.39. The minimum Gasteiger partial charge on any atom is -0.230 e. The number of hydrogen-bond acceptors (Lipinski definition) is 4. The van der Waals surface area contributed by atoms with Gasteiger partial charge in [0.2, 0.25) is 0 Å². The second kappa shape index (κ2) is 6.20. The molecule has 0 heterocycles. The fourth-order valence-corrected chi connectivity index (χ4v) is 2.55. The first-order chi connectivity index (χ1) is 6.72. The molecule has 1 aromatic rings. The third-order valence-electron chi connectivity index (χ3n) is 1.37. The number of nitrogens with zero attached hydrogens (tertiary/aromatic N) is 2. The van der Waals surface area contributed by atoms with Gasteiger partial charge >= 0.3 is 0 Å². The molecule has 0 aliphatic carbocycles. The Labute approximate surface area is 96.8 Å². The highest BCUT2D eigenvalue weighted by Gasteiger charge is 1.99. The van der Waals surface area contributed by atoms with Crippen molar-refractivity contribution < 1.29 is 0 Å². The predicted molar refractivity (Wildman–Crippen MR) is 63.1 cm³/mol. The Hall–Kier alpha value is -0.340. The highest BCUT2D eigenvalue weighted by atomic mass is 35.5. The van der Waals surface area contributed by atoms with Gasteiger partial charge in [0.25, 0.3) is 0 Å². The third kappa shape index (κ3) is 4.25. The Kier molecular flexibility index (Phi) is 5.20.